The Labute approximate surface area is 191 Å². The van der Waals surface area contributed by atoms with Gasteiger partial charge >= 0.3 is 6.09 Å². The number of hydrogen-bond donors (Lipinski definition) is 0. The summed E-state index contributed by atoms with van der Waals surface area (Å²) in [4.78, 5) is 14.3. The molecule has 5 heteroatoms. The molecule has 0 unspecified atom stereocenters. The van der Waals surface area contributed by atoms with E-state index >= 15 is 0 Å². The number of rotatable bonds is 3. The van der Waals surface area contributed by atoms with Crippen molar-refractivity contribution in [3.8, 4) is 16.9 Å². The van der Waals surface area contributed by atoms with Crippen molar-refractivity contribution in [1.29, 1.82) is 0 Å². The van der Waals surface area contributed by atoms with E-state index in [2.05, 4.69) is 54.9 Å². The lowest BCUT2D eigenvalue weighted by atomic mass is 9.90. The predicted octanol–water partition coefficient (Wildman–Crippen LogP) is 6.27. The molecule has 4 rings (SSSR count). The molecule has 2 heterocycles. The Morgan fingerprint density at radius 2 is 1.59 bits per heavy atom. The van der Waals surface area contributed by atoms with Crippen LogP contribution in [0.1, 0.15) is 56.4 Å². The third kappa shape index (κ3) is 4.57. The number of aromatic nitrogens is 2. The number of ether oxygens (including phenoxy) is 1. The Balaban J connectivity index is 1.65. The van der Waals surface area contributed by atoms with E-state index in [1.807, 2.05) is 43.9 Å². The van der Waals surface area contributed by atoms with E-state index in [0.29, 0.717) is 19.0 Å². The molecule has 0 bridgehead atoms. The summed E-state index contributed by atoms with van der Waals surface area (Å²) in [6.07, 6.45) is 1.56. The summed E-state index contributed by atoms with van der Waals surface area (Å²) in [7, 11) is 0. The lowest BCUT2D eigenvalue weighted by Crippen LogP contribution is -2.41. The van der Waals surface area contributed by atoms with Gasteiger partial charge in [0.05, 0.1) is 17.1 Å². The summed E-state index contributed by atoms with van der Waals surface area (Å²) in [5.74, 6) is 0.321. The number of carbonyl (C=O) groups is 1. The van der Waals surface area contributed by atoms with Crippen molar-refractivity contribution < 1.29 is 9.53 Å². The fraction of sp³-hybridized carbons (Fsp3) is 0.407. The first kappa shape index (κ1) is 22.1. The van der Waals surface area contributed by atoms with Crippen LogP contribution in [0.2, 0.25) is 0 Å². The van der Waals surface area contributed by atoms with E-state index in [0.717, 1.165) is 29.9 Å². The standard InChI is InChI=1S/C27H33N3O2/c1-19-11-9-10-14-23(19)25-20(2)24(28-30(25)22-12-7-6-8-13-22)21-15-17-29(18-16-21)26(31)32-27(3,4)5/h6-14,21H,15-18H2,1-5H3. The molecular weight excluding hydrogens is 398 g/mol. The molecule has 1 aliphatic rings. The molecule has 2 aromatic carbocycles. The maximum absolute atomic E-state index is 12.5. The van der Waals surface area contributed by atoms with Gasteiger partial charge in [-0.3, -0.25) is 0 Å². The maximum Gasteiger partial charge on any atom is 0.410 e. The van der Waals surface area contributed by atoms with Crippen LogP contribution < -0.4 is 0 Å². The van der Waals surface area contributed by atoms with Crippen LogP contribution in [-0.2, 0) is 4.74 Å². The first-order valence-electron chi connectivity index (χ1n) is 11.4. The summed E-state index contributed by atoms with van der Waals surface area (Å²) in [5, 5.41) is 5.13. The van der Waals surface area contributed by atoms with Crippen molar-refractivity contribution in [3.05, 3.63) is 71.4 Å². The lowest BCUT2D eigenvalue weighted by molar-refractivity contribution is 0.0204. The Hall–Kier alpha value is -3.08. The Morgan fingerprint density at radius 1 is 0.969 bits per heavy atom. The largest absolute Gasteiger partial charge is 0.444 e. The molecule has 0 aliphatic carbocycles. The molecule has 0 N–H and O–H groups in total. The number of benzene rings is 2. The number of hydrogen-bond acceptors (Lipinski definition) is 3. The minimum atomic E-state index is -0.471. The third-order valence-electron chi connectivity index (χ3n) is 6.09. The van der Waals surface area contributed by atoms with E-state index in [-0.39, 0.29) is 6.09 Å². The first-order chi connectivity index (χ1) is 15.2. The second kappa shape index (κ2) is 8.81. The van der Waals surface area contributed by atoms with E-state index in [1.54, 1.807) is 0 Å². The molecule has 1 aromatic heterocycles. The molecular formula is C27H33N3O2. The summed E-state index contributed by atoms with van der Waals surface area (Å²) < 4.78 is 7.65. The van der Waals surface area contributed by atoms with E-state index in [9.17, 15) is 4.79 Å². The fourth-order valence-electron chi connectivity index (χ4n) is 4.47. The van der Waals surface area contributed by atoms with Crippen LogP contribution in [0.3, 0.4) is 0 Å². The van der Waals surface area contributed by atoms with Crippen molar-refractivity contribution in [2.24, 2.45) is 0 Å². The molecule has 1 fully saturated rings. The van der Waals surface area contributed by atoms with Gasteiger partial charge in [0, 0.05) is 24.6 Å². The Kier molecular flexibility index (Phi) is 6.09. The average molecular weight is 432 g/mol. The Bertz CT molecular complexity index is 1090. The van der Waals surface area contributed by atoms with E-state index < -0.39 is 5.60 Å². The van der Waals surface area contributed by atoms with Crippen LogP contribution in [0, 0.1) is 13.8 Å². The highest BCUT2D eigenvalue weighted by Crippen LogP contribution is 2.37. The number of piperidine rings is 1. The molecule has 1 aliphatic heterocycles. The van der Waals surface area contributed by atoms with E-state index in [1.165, 1.54) is 16.7 Å². The minimum Gasteiger partial charge on any atom is -0.444 e. The molecule has 1 saturated heterocycles. The van der Waals surface area contributed by atoms with Crippen LogP contribution >= 0.6 is 0 Å². The smallest absolute Gasteiger partial charge is 0.410 e. The van der Waals surface area contributed by atoms with Crippen molar-refractivity contribution in [2.45, 2.75) is 59.0 Å². The zero-order valence-corrected chi connectivity index (χ0v) is 19.8. The summed E-state index contributed by atoms with van der Waals surface area (Å²) >= 11 is 0. The molecule has 3 aromatic rings. The zero-order chi connectivity index (χ0) is 22.9. The molecule has 0 radical (unpaired) electrons. The fourth-order valence-corrected chi connectivity index (χ4v) is 4.47. The van der Waals surface area contributed by atoms with Gasteiger partial charge in [-0.15, -0.1) is 0 Å². The Morgan fingerprint density at radius 3 is 2.22 bits per heavy atom. The van der Waals surface area contributed by atoms with Crippen LogP contribution in [0.25, 0.3) is 16.9 Å². The van der Waals surface area contributed by atoms with Gasteiger partial charge in [0.15, 0.2) is 0 Å². The van der Waals surface area contributed by atoms with Gasteiger partial charge in [-0.1, -0.05) is 42.5 Å². The molecule has 1 amide bonds. The maximum atomic E-state index is 12.5. The number of carbonyl (C=O) groups excluding carboxylic acids is 1. The highest BCUT2D eigenvalue weighted by Gasteiger charge is 2.31. The van der Waals surface area contributed by atoms with Crippen LogP contribution in [-0.4, -0.2) is 39.5 Å². The average Bonchev–Trinajstić information content (AvgIpc) is 3.10. The van der Waals surface area contributed by atoms with Gasteiger partial charge in [0.1, 0.15) is 5.60 Å². The van der Waals surface area contributed by atoms with Gasteiger partial charge in [0.25, 0.3) is 0 Å². The molecule has 168 valence electrons. The second-order valence-corrected chi connectivity index (χ2v) is 9.66. The lowest BCUT2D eigenvalue weighted by Gasteiger charge is -2.33. The molecule has 0 spiro atoms. The molecule has 0 atom stereocenters. The van der Waals surface area contributed by atoms with Gasteiger partial charge in [-0.05, 0) is 70.7 Å². The van der Waals surface area contributed by atoms with Gasteiger partial charge in [0.2, 0.25) is 0 Å². The number of nitrogens with zero attached hydrogens (tertiary/aromatic N) is 3. The number of aryl methyl sites for hydroxylation is 1. The van der Waals surface area contributed by atoms with Crippen molar-refractivity contribution in [3.63, 3.8) is 0 Å². The highest BCUT2D eigenvalue weighted by molar-refractivity contribution is 5.70. The summed E-state index contributed by atoms with van der Waals surface area (Å²) in [6.45, 7) is 11.4. The van der Waals surface area contributed by atoms with Gasteiger partial charge < -0.3 is 9.64 Å². The molecule has 32 heavy (non-hydrogen) atoms. The van der Waals surface area contributed by atoms with Crippen molar-refractivity contribution >= 4 is 6.09 Å². The highest BCUT2D eigenvalue weighted by atomic mass is 16.6. The zero-order valence-electron chi connectivity index (χ0n) is 19.8. The summed E-state index contributed by atoms with van der Waals surface area (Å²) in [5.41, 5.74) is 6.54. The van der Waals surface area contributed by atoms with Crippen LogP contribution in [0.5, 0.6) is 0 Å². The SMILES string of the molecule is Cc1ccccc1-c1c(C)c(C2CCN(C(=O)OC(C)(C)C)CC2)nn1-c1ccccc1. The van der Waals surface area contributed by atoms with Gasteiger partial charge in [-0.25, -0.2) is 9.48 Å². The second-order valence-electron chi connectivity index (χ2n) is 9.66. The molecule has 5 nitrogen and oxygen atoms in total. The van der Waals surface area contributed by atoms with Crippen LogP contribution in [0.4, 0.5) is 4.79 Å². The topological polar surface area (TPSA) is 47.4 Å². The minimum absolute atomic E-state index is 0.219. The number of likely N-dealkylation sites (tertiary alicyclic amines) is 1. The van der Waals surface area contributed by atoms with Gasteiger partial charge in [-0.2, -0.15) is 5.10 Å². The predicted molar refractivity (Wildman–Crippen MR) is 128 cm³/mol. The first-order valence-corrected chi connectivity index (χ1v) is 11.4. The van der Waals surface area contributed by atoms with Crippen LogP contribution in [0.15, 0.2) is 54.6 Å². The quantitative estimate of drug-likeness (QED) is 0.491. The molecule has 0 saturated carbocycles. The van der Waals surface area contributed by atoms with Crippen molar-refractivity contribution in [2.75, 3.05) is 13.1 Å². The normalized spacial score (nSPS) is 15.1. The van der Waals surface area contributed by atoms with E-state index in [4.69, 9.17) is 9.84 Å². The monoisotopic (exact) mass is 431 g/mol. The van der Waals surface area contributed by atoms with Crippen molar-refractivity contribution in [1.82, 2.24) is 14.7 Å². The number of amides is 1. The summed E-state index contributed by atoms with van der Waals surface area (Å²) in [6, 6.07) is 18.8. The number of para-hydroxylation sites is 1. The third-order valence-corrected chi connectivity index (χ3v) is 6.09.